The Morgan fingerprint density at radius 1 is 1.38 bits per heavy atom. The second-order valence-corrected chi connectivity index (χ2v) is 9.85. The van der Waals surface area contributed by atoms with Gasteiger partial charge in [-0.15, -0.1) is 6.42 Å². The fourth-order valence-electron chi connectivity index (χ4n) is 5.71. The molecule has 0 bridgehead atoms. The molecular weight excluding hydrogens is 432 g/mol. The number of amides is 3. The number of methoxy groups -OCH3 is 1. The average molecular weight is 463 g/mol. The Bertz CT molecular complexity index is 1180. The number of hydrogen-bond donors (Lipinski definition) is 3. The summed E-state index contributed by atoms with van der Waals surface area (Å²) in [5.74, 6) is 2.66. The normalized spacial score (nSPS) is 23.9. The third-order valence-corrected chi connectivity index (χ3v) is 7.76. The highest BCUT2D eigenvalue weighted by Gasteiger charge is 2.52. The topological polar surface area (TPSA) is 104 Å². The van der Waals surface area contributed by atoms with Crippen LogP contribution in [-0.2, 0) is 9.59 Å². The van der Waals surface area contributed by atoms with Crippen LogP contribution in [0.3, 0.4) is 0 Å². The number of terminal acetylenes is 1. The number of rotatable bonds is 6. The molecule has 1 aromatic carbocycles. The molecule has 3 N–H and O–H groups in total. The van der Waals surface area contributed by atoms with Gasteiger partial charge in [-0.25, -0.2) is 0 Å². The second kappa shape index (κ2) is 8.71. The van der Waals surface area contributed by atoms with E-state index in [1.54, 1.807) is 18.1 Å². The summed E-state index contributed by atoms with van der Waals surface area (Å²) in [6.45, 7) is 1.19. The Hall–Kier alpha value is -3.47. The standard InChI is InChI=1S/C26H30N4O4/c1-3-17(12-16-8-11-27-23(16)31)28-24(32)21-14-26(9-5-10-26)15-30(21)25(33)20-13-18-19(29-20)6-4-7-22(18)34-2/h1,4,6-7,13,16-17,21,29H,5,8-12,14-15H2,2H3,(H,27,31)(H,28,32)/t16-,17+,21?/m0/s1. The predicted molar refractivity (Wildman–Crippen MR) is 127 cm³/mol. The van der Waals surface area contributed by atoms with Gasteiger partial charge in [-0.05, 0) is 55.7 Å². The van der Waals surface area contributed by atoms with Gasteiger partial charge in [-0.2, -0.15) is 0 Å². The smallest absolute Gasteiger partial charge is 0.271 e. The van der Waals surface area contributed by atoms with Crippen LogP contribution in [0, 0.1) is 23.7 Å². The van der Waals surface area contributed by atoms with Crippen LogP contribution in [0.2, 0.25) is 0 Å². The fraction of sp³-hybridized carbons (Fsp3) is 0.500. The minimum Gasteiger partial charge on any atom is -0.496 e. The Kier molecular flexibility index (Phi) is 5.72. The molecule has 2 saturated heterocycles. The highest BCUT2D eigenvalue weighted by atomic mass is 16.5. The minimum atomic E-state index is -0.589. The van der Waals surface area contributed by atoms with Crippen molar-refractivity contribution in [3.63, 3.8) is 0 Å². The maximum Gasteiger partial charge on any atom is 0.271 e. The van der Waals surface area contributed by atoms with Gasteiger partial charge >= 0.3 is 0 Å². The maximum absolute atomic E-state index is 13.6. The maximum atomic E-state index is 13.6. The van der Waals surface area contributed by atoms with Gasteiger partial charge in [0.1, 0.15) is 17.5 Å². The van der Waals surface area contributed by atoms with Crippen molar-refractivity contribution in [2.75, 3.05) is 20.2 Å². The van der Waals surface area contributed by atoms with Crippen molar-refractivity contribution < 1.29 is 19.1 Å². The molecule has 5 rings (SSSR count). The molecule has 3 aliphatic rings. The van der Waals surface area contributed by atoms with Crippen molar-refractivity contribution in [3.8, 4) is 18.1 Å². The molecule has 8 nitrogen and oxygen atoms in total. The van der Waals surface area contributed by atoms with Gasteiger partial charge in [0, 0.05) is 29.9 Å². The van der Waals surface area contributed by atoms with Crippen LogP contribution < -0.4 is 15.4 Å². The summed E-state index contributed by atoms with van der Waals surface area (Å²) in [7, 11) is 1.60. The zero-order valence-corrected chi connectivity index (χ0v) is 19.4. The molecule has 1 spiro atoms. The van der Waals surface area contributed by atoms with E-state index in [4.69, 9.17) is 11.2 Å². The number of carbonyl (C=O) groups excluding carboxylic acids is 3. The van der Waals surface area contributed by atoms with E-state index < -0.39 is 12.1 Å². The lowest BCUT2D eigenvalue weighted by Crippen LogP contribution is -2.49. The van der Waals surface area contributed by atoms with Crippen LogP contribution in [0.15, 0.2) is 24.3 Å². The van der Waals surface area contributed by atoms with Gasteiger partial charge in [0.25, 0.3) is 5.91 Å². The summed E-state index contributed by atoms with van der Waals surface area (Å²) in [4.78, 5) is 43.9. The molecule has 34 heavy (non-hydrogen) atoms. The van der Waals surface area contributed by atoms with Gasteiger partial charge in [0.15, 0.2) is 0 Å². The number of nitrogens with one attached hydrogen (secondary N) is 3. The molecule has 3 fully saturated rings. The number of hydrogen-bond acceptors (Lipinski definition) is 4. The Morgan fingerprint density at radius 2 is 2.21 bits per heavy atom. The van der Waals surface area contributed by atoms with Gasteiger partial charge in [-0.3, -0.25) is 14.4 Å². The molecule has 2 aromatic rings. The minimum absolute atomic E-state index is 0.00164. The van der Waals surface area contributed by atoms with E-state index in [-0.39, 0.29) is 29.1 Å². The number of H-pyrrole nitrogens is 1. The van der Waals surface area contributed by atoms with Crippen molar-refractivity contribution in [2.45, 2.75) is 50.6 Å². The first-order chi connectivity index (χ1) is 16.4. The lowest BCUT2D eigenvalue weighted by atomic mass is 9.67. The van der Waals surface area contributed by atoms with Crippen LogP contribution in [0.4, 0.5) is 0 Å². The van der Waals surface area contributed by atoms with Crippen molar-refractivity contribution in [2.24, 2.45) is 11.3 Å². The zero-order chi connectivity index (χ0) is 23.9. The van der Waals surface area contributed by atoms with Crippen LogP contribution in [0.1, 0.15) is 49.0 Å². The Balaban J connectivity index is 1.36. The van der Waals surface area contributed by atoms with E-state index in [2.05, 4.69) is 21.5 Å². The molecular formula is C26H30N4O4. The Morgan fingerprint density at radius 3 is 2.85 bits per heavy atom. The monoisotopic (exact) mass is 462 g/mol. The quantitative estimate of drug-likeness (QED) is 0.573. The molecule has 2 aliphatic heterocycles. The van der Waals surface area contributed by atoms with Crippen LogP contribution in [0.5, 0.6) is 5.75 Å². The zero-order valence-electron chi connectivity index (χ0n) is 19.4. The third kappa shape index (κ3) is 3.89. The molecule has 8 heteroatoms. The third-order valence-electron chi connectivity index (χ3n) is 7.76. The van der Waals surface area contributed by atoms with Gasteiger partial charge < -0.3 is 25.3 Å². The molecule has 0 radical (unpaired) electrons. The van der Waals surface area contributed by atoms with E-state index in [0.717, 1.165) is 30.2 Å². The summed E-state index contributed by atoms with van der Waals surface area (Å²) in [6.07, 6.45) is 10.6. The summed E-state index contributed by atoms with van der Waals surface area (Å²) in [5.41, 5.74) is 1.24. The number of aromatic nitrogens is 1. The number of ether oxygens (including phenoxy) is 1. The van der Waals surface area contributed by atoms with Crippen molar-refractivity contribution in [1.82, 2.24) is 20.5 Å². The molecule has 178 valence electrons. The van der Waals surface area contributed by atoms with E-state index >= 15 is 0 Å². The summed E-state index contributed by atoms with van der Waals surface area (Å²) < 4.78 is 5.43. The second-order valence-electron chi connectivity index (χ2n) is 9.85. The van der Waals surface area contributed by atoms with Crippen molar-refractivity contribution in [1.29, 1.82) is 0 Å². The molecule has 1 aromatic heterocycles. The number of fused-ring (bicyclic) bond motifs is 1. The van der Waals surface area contributed by atoms with Gasteiger partial charge in [0.05, 0.1) is 13.2 Å². The molecule has 3 heterocycles. The molecule has 1 unspecified atom stereocenters. The number of likely N-dealkylation sites (tertiary alicyclic amines) is 1. The number of aromatic amines is 1. The SMILES string of the molecule is C#C[C@H](C[C@@H]1CCNC1=O)NC(=O)C1CC2(CCC2)CN1C(=O)c1cc2c(OC)cccc2[nH]1. The van der Waals surface area contributed by atoms with Gasteiger partial charge in [-0.1, -0.05) is 18.4 Å². The largest absolute Gasteiger partial charge is 0.496 e. The van der Waals surface area contributed by atoms with E-state index in [1.807, 2.05) is 18.2 Å². The molecule has 1 saturated carbocycles. The lowest BCUT2D eigenvalue weighted by molar-refractivity contribution is -0.126. The summed E-state index contributed by atoms with van der Waals surface area (Å²) >= 11 is 0. The first-order valence-electron chi connectivity index (χ1n) is 11.9. The summed E-state index contributed by atoms with van der Waals surface area (Å²) in [6, 6.07) is 6.27. The predicted octanol–water partition coefficient (Wildman–Crippen LogP) is 2.21. The summed E-state index contributed by atoms with van der Waals surface area (Å²) in [5, 5.41) is 6.58. The van der Waals surface area contributed by atoms with E-state index in [0.29, 0.717) is 43.8 Å². The molecule has 1 aliphatic carbocycles. The van der Waals surface area contributed by atoms with Gasteiger partial charge in [0.2, 0.25) is 11.8 Å². The highest BCUT2D eigenvalue weighted by molar-refractivity contribution is 6.02. The Labute approximate surface area is 198 Å². The molecule has 3 atom stereocenters. The van der Waals surface area contributed by atoms with Crippen LogP contribution in [0.25, 0.3) is 10.9 Å². The van der Waals surface area contributed by atoms with E-state index in [9.17, 15) is 14.4 Å². The number of benzene rings is 1. The number of carbonyl (C=O) groups is 3. The van der Waals surface area contributed by atoms with Crippen molar-refractivity contribution in [3.05, 3.63) is 30.0 Å². The van der Waals surface area contributed by atoms with Crippen LogP contribution in [-0.4, -0.2) is 59.9 Å². The lowest BCUT2D eigenvalue weighted by Gasteiger charge is -2.37. The number of nitrogens with zero attached hydrogens (tertiary/aromatic N) is 1. The average Bonchev–Trinajstić information content (AvgIpc) is 3.54. The first-order valence-corrected chi connectivity index (χ1v) is 11.9. The highest BCUT2D eigenvalue weighted by Crippen LogP contribution is 2.50. The fourth-order valence-corrected chi connectivity index (χ4v) is 5.71. The van der Waals surface area contributed by atoms with E-state index in [1.165, 1.54) is 0 Å². The van der Waals surface area contributed by atoms with Crippen LogP contribution >= 0.6 is 0 Å². The van der Waals surface area contributed by atoms with Crippen molar-refractivity contribution >= 4 is 28.6 Å². The first kappa shape index (κ1) is 22.3. The molecule has 3 amide bonds.